The van der Waals surface area contributed by atoms with Gasteiger partial charge in [-0.3, -0.25) is 0 Å². The molecular formula is C15H12Cl2N2. The van der Waals surface area contributed by atoms with Crippen molar-refractivity contribution in [2.24, 2.45) is 0 Å². The van der Waals surface area contributed by atoms with E-state index in [1.54, 1.807) is 6.07 Å². The Morgan fingerprint density at radius 1 is 0.947 bits per heavy atom. The molecule has 0 aromatic heterocycles. The third-order valence-electron chi connectivity index (χ3n) is 2.72. The van der Waals surface area contributed by atoms with E-state index in [4.69, 9.17) is 28.5 Å². The van der Waals surface area contributed by atoms with Crippen LogP contribution in [0.5, 0.6) is 0 Å². The normalized spacial score (nSPS) is 9.95. The molecule has 0 unspecified atom stereocenters. The monoisotopic (exact) mass is 290 g/mol. The summed E-state index contributed by atoms with van der Waals surface area (Å²) < 4.78 is 0. The largest absolute Gasteiger partial charge is 0.381 e. The van der Waals surface area contributed by atoms with Gasteiger partial charge in [0.05, 0.1) is 22.5 Å². The molecule has 0 atom stereocenters. The molecule has 0 fully saturated rings. The van der Waals surface area contributed by atoms with Gasteiger partial charge in [0, 0.05) is 12.2 Å². The minimum atomic E-state index is 0.438. The third kappa shape index (κ3) is 3.89. The second kappa shape index (κ2) is 6.47. The molecule has 0 saturated carbocycles. The lowest BCUT2D eigenvalue weighted by molar-refractivity contribution is 1.15. The Hall–Kier alpha value is -1.69. The fourth-order valence-electron chi connectivity index (χ4n) is 1.69. The lowest BCUT2D eigenvalue weighted by atomic mass is 10.1. The lowest BCUT2D eigenvalue weighted by Crippen LogP contribution is -1.99. The smallest absolute Gasteiger partial charge is 0.0669 e. The maximum atomic E-state index is 8.60. The van der Waals surface area contributed by atoms with E-state index < -0.39 is 0 Å². The van der Waals surface area contributed by atoms with Crippen LogP contribution in [0.2, 0.25) is 10.0 Å². The van der Waals surface area contributed by atoms with Crippen molar-refractivity contribution in [3.05, 3.63) is 63.6 Å². The molecule has 0 aliphatic rings. The zero-order valence-electron chi connectivity index (χ0n) is 10.2. The van der Waals surface area contributed by atoms with Gasteiger partial charge in [-0.15, -0.1) is 0 Å². The van der Waals surface area contributed by atoms with Crippen molar-refractivity contribution in [1.29, 1.82) is 5.26 Å². The first-order valence-electron chi connectivity index (χ1n) is 5.83. The van der Waals surface area contributed by atoms with Gasteiger partial charge < -0.3 is 5.32 Å². The van der Waals surface area contributed by atoms with E-state index in [0.29, 0.717) is 23.0 Å². The van der Waals surface area contributed by atoms with Gasteiger partial charge in [0.2, 0.25) is 0 Å². The topological polar surface area (TPSA) is 35.8 Å². The van der Waals surface area contributed by atoms with E-state index in [2.05, 4.69) is 11.4 Å². The summed E-state index contributed by atoms with van der Waals surface area (Å²) in [5.74, 6) is 0. The first kappa shape index (κ1) is 13.7. The molecule has 0 spiro atoms. The number of hydrogen-bond donors (Lipinski definition) is 1. The zero-order chi connectivity index (χ0) is 13.7. The van der Waals surface area contributed by atoms with Gasteiger partial charge in [0.15, 0.2) is 0 Å². The van der Waals surface area contributed by atoms with Crippen molar-refractivity contribution < 1.29 is 0 Å². The van der Waals surface area contributed by atoms with Crippen LogP contribution in [0, 0.1) is 11.3 Å². The molecule has 0 heterocycles. The summed E-state index contributed by atoms with van der Waals surface area (Å²) in [5, 5.41) is 13.0. The summed E-state index contributed by atoms with van der Waals surface area (Å²) in [5.41, 5.74) is 3.09. The summed E-state index contributed by atoms with van der Waals surface area (Å²) in [4.78, 5) is 0. The molecule has 0 aliphatic heterocycles. The van der Waals surface area contributed by atoms with Crippen LogP contribution in [0.25, 0.3) is 0 Å². The first-order chi connectivity index (χ1) is 9.19. The maximum absolute atomic E-state index is 8.60. The van der Waals surface area contributed by atoms with Gasteiger partial charge in [0.25, 0.3) is 0 Å². The van der Waals surface area contributed by atoms with Crippen LogP contribution in [0.15, 0.2) is 42.5 Å². The van der Waals surface area contributed by atoms with Gasteiger partial charge in [-0.2, -0.15) is 5.26 Å². The molecule has 4 heteroatoms. The minimum Gasteiger partial charge on any atom is -0.381 e. The quantitative estimate of drug-likeness (QED) is 0.888. The summed E-state index contributed by atoms with van der Waals surface area (Å²) >= 11 is 11.8. The molecule has 19 heavy (non-hydrogen) atoms. The summed E-state index contributed by atoms with van der Waals surface area (Å²) in [7, 11) is 0. The number of nitrogens with one attached hydrogen (secondary N) is 1. The summed E-state index contributed by atoms with van der Waals surface area (Å²) in [6, 6.07) is 15.5. The SMILES string of the molecule is N#CCc1ccc(NCc2ccc(Cl)c(Cl)c2)cc1. The summed E-state index contributed by atoms with van der Waals surface area (Å²) in [6.07, 6.45) is 0.438. The highest BCUT2D eigenvalue weighted by Crippen LogP contribution is 2.23. The van der Waals surface area contributed by atoms with Crippen molar-refractivity contribution in [3.63, 3.8) is 0 Å². The molecule has 0 aliphatic carbocycles. The van der Waals surface area contributed by atoms with Gasteiger partial charge in [-0.05, 0) is 35.4 Å². The number of hydrogen-bond acceptors (Lipinski definition) is 2. The fraction of sp³-hybridized carbons (Fsp3) is 0.133. The highest BCUT2D eigenvalue weighted by Gasteiger charge is 2.00. The van der Waals surface area contributed by atoms with Crippen molar-refractivity contribution in [2.45, 2.75) is 13.0 Å². The molecule has 2 nitrogen and oxygen atoms in total. The maximum Gasteiger partial charge on any atom is 0.0669 e. The van der Waals surface area contributed by atoms with Crippen molar-refractivity contribution in [3.8, 4) is 6.07 Å². The second-order valence-electron chi connectivity index (χ2n) is 4.13. The van der Waals surface area contributed by atoms with Gasteiger partial charge in [-0.1, -0.05) is 41.4 Å². The van der Waals surface area contributed by atoms with E-state index in [1.165, 1.54) is 0 Å². The average Bonchev–Trinajstić information content (AvgIpc) is 2.42. The van der Waals surface area contributed by atoms with Crippen LogP contribution in [0.4, 0.5) is 5.69 Å². The van der Waals surface area contributed by atoms with Crippen molar-refractivity contribution in [1.82, 2.24) is 0 Å². The van der Waals surface area contributed by atoms with E-state index in [-0.39, 0.29) is 0 Å². The van der Waals surface area contributed by atoms with Crippen LogP contribution in [-0.4, -0.2) is 0 Å². The van der Waals surface area contributed by atoms with Crippen LogP contribution < -0.4 is 5.32 Å². The molecule has 1 N–H and O–H groups in total. The Bertz CT molecular complexity index is 601. The molecule has 0 amide bonds. The molecular weight excluding hydrogens is 279 g/mol. The number of anilines is 1. The molecule has 2 aromatic carbocycles. The van der Waals surface area contributed by atoms with Gasteiger partial charge in [-0.25, -0.2) is 0 Å². The van der Waals surface area contributed by atoms with Crippen LogP contribution in [0.3, 0.4) is 0 Å². The average molecular weight is 291 g/mol. The molecule has 96 valence electrons. The van der Waals surface area contributed by atoms with E-state index in [9.17, 15) is 0 Å². The zero-order valence-corrected chi connectivity index (χ0v) is 11.7. The van der Waals surface area contributed by atoms with E-state index >= 15 is 0 Å². The Morgan fingerprint density at radius 3 is 2.26 bits per heavy atom. The molecule has 0 saturated heterocycles. The Morgan fingerprint density at radius 2 is 1.63 bits per heavy atom. The molecule has 2 rings (SSSR count). The molecule has 2 aromatic rings. The van der Waals surface area contributed by atoms with Crippen molar-refractivity contribution in [2.75, 3.05) is 5.32 Å². The van der Waals surface area contributed by atoms with Crippen LogP contribution >= 0.6 is 23.2 Å². The standard InChI is InChI=1S/C15H12Cl2N2/c16-14-6-3-12(9-15(14)17)10-19-13-4-1-11(2-5-13)7-8-18/h1-6,9,19H,7,10H2. The Kier molecular flexibility index (Phi) is 4.68. The number of nitriles is 1. The number of nitrogens with zero attached hydrogens (tertiary/aromatic N) is 1. The highest BCUT2D eigenvalue weighted by molar-refractivity contribution is 6.42. The second-order valence-corrected chi connectivity index (χ2v) is 4.95. The molecule has 0 radical (unpaired) electrons. The van der Waals surface area contributed by atoms with E-state index in [0.717, 1.165) is 16.8 Å². The highest BCUT2D eigenvalue weighted by atomic mass is 35.5. The minimum absolute atomic E-state index is 0.438. The Labute approximate surface area is 122 Å². The van der Waals surface area contributed by atoms with E-state index in [1.807, 2.05) is 36.4 Å². The van der Waals surface area contributed by atoms with Crippen LogP contribution in [-0.2, 0) is 13.0 Å². The van der Waals surface area contributed by atoms with Crippen LogP contribution in [0.1, 0.15) is 11.1 Å². The summed E-state index contributed by atoms with van der Waals surface area (Å²) in [6.45, 7) is 0.675. The number of benzene rings is 2. The van der Waals surface area contributed by atoms with Crippen molar-refractivity contribution >= 4 is 28.9 Å². The number of rotatable bonds is 4. The third-order valence-corrected chi connectivity index (χ3v) is 3.46. The predicted molar refractivity (Wildman–Crippen MR) is 79.5 cm³/mol. The lowest BCUT2D eigenvalue weighted by Gasteiger charge is -2.08. The molecule has 0 bridgehead atoms. The Balaban J connectivity index is 1.98. The predicted octanol–water partition coefficient (Wildman–Crippen LogP) is 4.67. The van der Waals surface area contributed by atoms with Gasteiger partial charge >= 0.3 is 0 Å². The number of halogens is 2. The first-order valence-corrected chi connectivity index (χ1v) is 6.58. The van der Waals surface area contributed by atoms with Gasteiger partial charge in [0.1, 0.15) is 0 Å². The fourth-order valence-corrected chi connectivity index (χ4v) is 2.01.